The topological polar surface area (TPSA) is 36.3 Å². The summed E-state index contributed by atoms with van der Waals surface area (Å²) in [6, 6.07) is 10.1. The highest BCUT2D eigenvalue weighted by atomic mass is 16.5. The van der Waals surface area contributed by atoms with Crippen LogP contribution in [0.4, 0.5) is 5.69 Å². The molecule has 1 aromatic rings. The SMILES string of the molecule is COc1ccc(N(C)CC(C)(C)C#N)cc1. The van der Waals surface area contributed by atoms with E-state index in [1.54, 1.807) is 7.11 Å². The van der Waals surface area contributed by atoms with Gasteiger partial charge in [-0.3, -0.25) is 0 Å². The van der Waals surface area contributed by atoms with Crippen LogP contribution in [0.2, 0.25) is 0 Å². The van der Waals surface area contributed by atoms with E-state index in [-0.39, 0.29) is 5.41 Å². The van der Waals surface area contributed by atoms with Crippen molar-refractivity contribution >= 4 is 5.69 Å². The fraction of sp³-hybridized carbons (Fsp3) is 0.462. The van der Waals surface area contributed by atoms with Crippen molar-refractivity contribution in [2.75, 3.05) is 25.6 Å². The van der Waals surface area contributed by atoms with Crippen LogP contribution < -0.4 is 9.64 Å². The van der Waals surface area contributed by atoms with Crippen LogP contribution in [0.15, 0.2) is 24.3 Å². The van der Waals surface area contributed by atoms with Crippen LogP contribution in [-0.2, 0) is 0 Å². The van der Waals surface area contributed by atoms with Crippen molar-refractivity contribution in [3.63, 3.8) is 0 Å². The normalized spacial score (nSPS) is 10.7. The molecule has 0 bridgehead atoms. The first kappa shape index (κ1) is 12.4. The second kappa shape index (κ2) is 4.89. The molecule has 0 atom stereocenters. The Bertz CT molecular complexity index is 376. The molecular weight excluding hydrogens is 200 g/mol. The van der Waals surface area contributed by atoms with E-state index >= 15 is 0 Å². The average Bonchev–Trinajstić information content (AvgIpc) is 2.28. The van der Waals surface area contributed by atoms with Crippen LogP contribution in [0.3, 0.4) is 0 Å². The lowest BCUT2D eigenvalue weighted by molar-refractivity contribution is 0.414. The molecule has 0 aromatic heterocycles. The van der Waals surface area contributed by atoms with E-state index in [0.717, 1.165) is 11.4 Å². The third-order valence-electron chi connectivity index (χ3n) is 2.45. The quantitative estimate of drug-likeness (QED) is 0.779. The number of nitriles is 1. The average molecular weight is 218 g/mol. The Morgan fingerprint density at radius 1 is 1.31 bits per heavy atom. The summed E-state index contributed by atoms with van der Waals surface area (Å²) in [7, 11) is 3.64. The van der Waals surface area contributed by atoms with Gasteiger partial charge in [-0.25, -0.2) is 0 Å². The minimum absolute atomic E-state index is 0.339. The molecule has 0 aliphatic carbocycles. The number of ether oxygens (including phenoxy) is 1. The molecule has 0 saturated heterocycles. The third-order valence-corrected chi connectivity index (χ3v) is 2.45. The molecule has 0 aliphatic heterocycles. The predicted molar refractivity (Wildman–Crippen MR) is 65.7 cm³/mol. The minimum Gasteiger partial charge on any atom is -0.497 e. The fourth-order valence-corrected chi connectivity index (χ4v) is 1.56. The van der Waals surface area contributed by atoms with Gasteiger partial charge in [0.25, 0.3) is 0 Å². The van der Waals surface area contributed by atoms with Crippen LogP contribution in [0, 0.1) is 16.7 Å². The van der Waals surface area contributed by atoms with Gasteiger partial charge >= 0.3 is 0 Å². The van der Waals surface area contributed by atoms with Crippen LogP contribution in [0.1, 0.15) is 13.8 Å². The third kappa shape index (κ3) is 3.16. The van der Waals surface area contributed by atoms with Gasteiger partial charge < -0.3 is 9.64 Å². The molecule has 1 rings (SSSR count). The Morgan fingerprint density at radius 2 is 1.88 bits per heavy atom. The van der Waals surface area contributed by atoms with Crippen molar-refractivity contribution < 1.29 is 4.74 Å². The molecule has 3 heteroatoms. The minimum atomic E-state index is -0.339. The molecule has 0 fully saturated rings. The van der Waals surface area contributed by atoms with E-state index in [1.165, 1.54) is 0 Å². The summed E-state index contributed by atoms with van der Waals surface area (Å²) in [5.74, 6) is 0.844. The van der Waals surface area contributed by atoms with Gasteiger partial charge in [-0.1, -0.05) is 0 Å². The highest BCUT2D eigenvalue weighted by molar-refractivity contribution is 5.48. The van der Waals surface area contributed by atoms with E-state index in [4.69, 9.17) is 10.00 Å². The zero-order valence-corrected chi connectivity index (χ0v) is 10.3. The van der Waals surface area contributed by atoms with E-state index in [9.17, 15) is 0 Å². The Kier molecular flexibility index (Phi) is 3.78. The zero-order valence-electron chi connectivity index (χ0n) is 10.3. The van der Waals surface area contributed by atoms with Crippen LogP contribution in [0.25, 0.3) is 0 Å². The number of nitrogens with zero attached hydrogens (tertiary/aromatic N) is 2. The summed E-state index contributed by atoms with van der Waals surface area (Å²) < 4.78 is 5.10. The highest BCUT2D eigenvalue weighted by Gasteiger charge is 2.19. The molecule has 0 radical (unpaired) electrons. The van der Waals surface area contributed by atoms with Gasteiger partial charge in [-0.15, -0.1) is 0 Å². The Balaban J connectivity index is 2.74. The smallest absolute Gasteiger partial charge is 0.119 e. The lowest BCUT2D eigenvalue weighted by Gasteiger charge is -2.26. The van der Waals surface area contributed by atoms with Crippen LogP contribution in [-0.4, -0.2) is 20.7 Å². The molecule has 0 amide bonds. The molecule has 0 N–H and O–H groups in total. The first-order valence-electron chi connectivity index (χ1n) is 5.25. The van der Waals surface area contributed by atoms with Crippen LogP contribution >= 0.6 is 0 Å². The number of rotatable bonds is 4. The maximum absolute atomic E-state index is 8.98. The van der Waals surface area contributed by atoms with Crippen LogP contribution in [0.5, 0.6) is 5.75 Å². The summed E-state index contributed by atoms with van der Waals surface area (Å²) in [5, 5.41) is 8.98. The van der Waals surface area contributed by atoms with Gasteiger partial charge in [0.05, 0.1) is 18.6 Å². The predicted octanol–water partition coefficient (Wildman–Crippen LogP) is 2.68. The lowest BCUT2D eigenvalue weighted by Crippen LogP contribution is -2.30. The molecule has 3 nitrogen and oxygen atoms in total. The van der Waals surface area contributed by atoms with Gasteiger partial charge in [-0.2, -0.15) is 5.26 Å². The summed E-state index contributed by atoms with van der Waals surface area (Å²) in [5.41, 5.74) is 0.749. The number of hydrogen-bond acceptors (Lipinski definition) is 3. The summed E-state index contributed by atoms with van der Waals surface area (Å²) in [6.45, 7) is 4.58. The Labute approximate surface area is 97.3 Å². The second-order valence-electron chi connectivity index (χ2n) is 4.55. The second-order valence-corrected chi connectivity index (χ2v) is 4.55. The van der Waals surface area contributed by atoms with Gasteiger partial charge in [-0.05, 0) is 38.1 Å². The van der Waals surface area contributed by atoms with Gasteiger partial charge in [0.2, 0.25) is 0 Å². The molecule has 0 saturated carbocycles. The summed E-state index contributed by atoms with van der Waals surface area (Å²) in [6.07, 6.45) is 0. The molecule has 0 heterocycles. The Morgan fingerprint density at radius 3 is 2.31 bits per heavy atom. The highest BCUT2D eigenvalue weighted by Crippen LogP contribution is 2.22. The standard InChI is InChI=1S/C13H18N2O/c1-13(2,9-14)10-15(3)11-5-7-12(16-4)8-6-11/h5-8H,10H2,1-4H3. The molecule has 0 aliphatic rings. The van der Waals surface area contributed by atoms with Gasteiger partial charge in [0, 0.05) is 19.3 Å². The zero-order chi connectivity index (χ0) is 12.2. The molecule has 16 heavy (non-hydrogen) atoms. The largest absolute Gasteiger partial charge is 0.497 e. The van der Waals surface area contributed by atoms with Crippen molar-refractivity contribution in [3.8, 4) is 11.8 Å². The van der Waals surface area contributed by atoms with E-state index < -0.39 is 0 Å². The summed E-state index contributed by atoms with van der Waals surface area (Å²) >= 11 is 0. The monoisotopic (exact) mass is 218 g/mol. The maximum Gasteiger partial charge on any atom is 0.119 e. The van der Waals surface area contributed by atoms with Gasteiger partial charge in [0.15, 0.2) is 0 Å². The van der Waals surface area contributed by atoms with Crippen molar-refractivity contribution in [1.29, 1.82) is 5.26 Å². The van der Waals surface area contributed by atoms with Crippen molar-refractivity contribution in [2.24, 2.45) is 5.41 Å². The lowest BCUT2D eigenvalue weighted by atomic mass is 9.95. The first-order valence-corrected chi connectivity index (χ1v) is 5.25. The van der Waals surface area contributed by atoms with Crippen molar-refractivity contribution in [2.45, 2.75) is 13.8 Å². The number of methoxy groups -OCH3 is 1. The Hall–Kier alpha value is -1.69. The fourth-order valence-electron chi connectivity index (χ4n) is 1.56. The van der Waals surface area contributed by atoms with Crippen molar-refractivity contribution in [3.05, 3.63) is 24.3 Å². The molecule has 1 aromatic carbocycles. The number of hydrogen-bond donors (Lipinski definition) is 0. The number of benzene rings is 1. The molecule has 0 spiro atoms. The van der Waals surface area contributed by atoms with E-state index in [2.05, 4.69) is 11.0 Å². The van der Waals surface area contributed by atoms with E-state index in [1.807, 2.05) is 45.2 Å². The summed E-state index contributed by atoms with van der Waals surface area (Å²) in [4.78, 5) is 2.07. The molecular formula is C13H18N2O. The van der Waals surface area contributed by atoms with Gasteiger partial charge in [0.1, 0.15) is 5.75 Å². The van der Waals surface area contributed by atoms with Crippen molar-refractivity contribution in [1.82, 2.24) is 0 Å². The van der Waals surface area contributed by atoms with E-state index in [0.29, 0.717) is 6.54 Å². The maximum atomic E-state index is 8.98. The first-order chi connectivity index (χ1) is 7.48. The molecule has 86 valence electrons. The number of anilines is 1. The molecule has 0 unspecified atom stereocenters.